The van der Waals surface area contributed by atoms with Gasteiger partial charge in [-0.05, 0) is 30.3 Å². The van der Waals surface area contributed by atoms with Gasteiger partial charge in [0, 0.05) is 17.4 Å². The highest BCUT2D eigenvalue weighted by atomic mass is 32.1. The van der Waals surface area contributed by atoms with Crippen LogP contribution in [0.25, 0.3) is 22.2 Å². The summed E-state index contributed by atoms with van der Waals surface area (Å²) in [7, 11) is 0. The first-order chi connectivity index (χ1) is 15.6. The molecule has 0 atom stereocenters. The first-order valence-corrected chi connectivity index (χ1v) is 10.6. The number of hydrogen-bond acceptors (Lipinski definition) is 8. The van der Waals surface area contributed by atoms with Crippen LogP contribution in [0.1, 0.15) is 6.42 Å². The predicted octanol–water partition coefficient (Wildman–Crippen LogP) is 2.27. The minimum atomic E-state index is -0.293. The van der Waals surface area contributed by atoms with Crippen LogP contribution in [0.3, 0.4) is 0 Å². The Morgan fingerprint density at radius 1 is 1.22 bits per heavy atom. The molecular formula is C21H16N6O4S. The topological polar surface area (TPSA) is 128 Å². The van der Waals surface area contributed by atoms with Crippen molar-refractivity contribution in [3.8, 4) is 17.0 Å². The fourth-order valence-corrected chi connectivity index (χ4v) is 4.00. The SMILES string of the molecule is O=C(CCn1nnc2ccccc2c1=O)Nc1nc(-c2ccc3c(c2)NC(=O)CO3)cs1. The van der Waals surface area contributed by atoms with Crippen LogP contribution in [0, 0.1) is 0 Å². The van der Waals surface area contributed by atoms with Crippen molar-refractivity contribution in [1.29, 1.82) is 0 Å². The molecule has 3 heterocycles. The standard InChI is InChI=1S/C21H16N6O4S/c28-18(7-8-27-20(30)13-3-1-2-4-14(13)25-26-27)24-21-23-16(11-32-21)12-5-6-17-15(9-12)22-19(29)10-31-17/h1-6,9,11H,7-8,10H2,(H,22,29)(H,23,24,28). The minimum absolute atomic E-state index is 0.00383. The number of ether oxygens (including phenoxy) is 1. The second kappa shape index (κ2) is 8.19. The molecule has 10 nitrogen and oxygen atoms in total. The number of rotatable bonds is 5. The van der Waals surface area contributed by atoms with Crippen molar-refractivity contribution in [3.63, 3.8) is 0 Å². The molecule has 0 fully saturated rings. The lowest BCUT2D eigenvalue weighted by Gasteiger charge is -2.18. The molecule has 0 radical (unpaired) electrons. The summed E-state index contributed by atoms with van der Waals surface area (Å²) in [6.07, 6.45) is 0.0457. The lowest BCUT2D eigenvalue weighted by molar-refractivity contribution is -0.118. The lowest BCUT2D eigenvalue weighted by Crippen LogP contribution is -2.26. The van der Waals surface area contributed by atoms with Gasteiger partial charge in [-0.15, -0.1) is 16.4 Å². The van der Waals surface area contributed by atoms with Crippen LogP contribution in [0.2, 0.25) is 0 Å². The van der Waals surface area contributed by atoms with Crippen LogP contribution < -0.4 is 20.9 Å². The van der Waals surface area contributed by atoms with E-state index in [1.807, 2.05) is 11.4 Å². The summed E-state index contributed by atoms with van der Waals surface area (Å²) < 4.78 is 6.54. The molecule has 0 spiro atoms. The molecular weight excluding hydrogens is 432 g/mol. The van der Waals surface area contributed by atoms with E-state index in [1.165, 1.54) is 16.0 Å². The Labute approximate surface area is 184 Å². The molecule has 11 heteroatoms. The van der Waals surface area contributed by atoms with Crippen LogP contribution in [-0.2, 0) is 16.1 Å². The summed E-state index contributed by atoms with van der Waals surface area (Å²) in [6, 6.07) is 12.3. The van der Waals surface area contributed by atoms with Gasteiger partial charge >= 0.3 is 0 Å². The van der Waals surface area contributed by atoms with Crippen molar-refractivity contribution in [2.24, 2.45) is 0 Å². The Bertz CT molecular complexity index is 1410. The average Bonchev–Trinajstić information content (AvgIpc) is 3.26. The van der Waals surface area contributed by atoms with E-state index in [0.717, 1.165) is 5.56 Å². The van der Waals surface area contributed by atoms with Crippen molar-refractivity contribution < 1.29 is 14.3 Å². The lowest BCUT2D eigenvalue weighted by atomic mass is 10.1. The minimum Gasteiger partial charge on any atom is -0.482 e. The van der Waals surface area contributed by atoms with Crippen LogP contribution in [-0.4, -0.2) is 38.4 Å². The fourth-order valence-electron chi connectivity index (χ4n) is 3.27. The third kappa shape index (κ3) is 3.93. The van der Waals surface area contributed by atoms with E-state index in [1.54, 1.807) is 36.4 Å². The molecule has 0 unspecified atom stereocenters. The van der Waals surface area contributed by atoms with Gasteiger partial charge in [0.25, 0.3) is 11.5 Å². The highest BCUT2D eigenvalue weighted by Crippen LogP contribution is 2.33. The zero-order chi connectivity index (χ0) is 22.1. The third-order valence-electron chi connectivity index (χ3n) is 4.84. The molecule has 0 aliphatic carbocycles. The first kappa shape index (κ1) is 19.8. The number of nitrogens with zero attached hydrogens (tertiary/aromatic N) is 4. The molecule has 2 N–H and O–H groups in total. The van der Waals surface area contributed by atoms with E-state index in [-0.39, 0.29) is 36.9 Å². The molecule has 0 saturated heterocycles. The van der Waals surface area contributed by atoms with E-state index in [0.29, 0.717) is 33.2 Å². The number of amides is 2. The third-order valence-corrected chi connectivity index (χ3v) is 5.60. The van der Waals surface area contributed by atoms with Gasteiger partial charge in [-0.1, -0.05) is 17.3 Å². The molecule has 0 bridgehead atoms. The summed E-state index contributed by atoms with van der Waals surface area (Å²) in [5.41, 5.74) is 2.25. The van der Waals surface area contributed by atoms with E-state index < -0.39 is 0 Å². The summed E-state index contributed by atoms with van der Waals surface area (Å²) in [5, 5.41) is 16.1. The number of benzene rings is 2. The Morgan fingerprint density at radius 2 is 2.09 bits per heavy atom. The number of carbonyl (C=O) groups is 2. The molecule has 2 aromatic carbocycles. The second-order valence-corrected chi connectivity index (χ2v) is 7.88. The molecule has 2 aromatic heterocycles. The van der Waals surface area contributed by atoms with Gasteiger partial charge in [0.05, 0.1) is 23.3 Å². The number of thiazole rings is 1. The second-order valence-electron chi connectivity index (χ2n) is 7.02. The highest BCUT2D eigenvalue weighted by molar-refractivity contribution is 7.14. The van der Waals surface area contributed by atoms with E-state index >= 15 is 0 Å². The van der Waals surface area contributed by atoms with Crippen LogP contribution >= 0.6 is 11.3 Å². The number of aryl methyl sites for hydroxylation is 1. The zero-order valence-corrected chi connectivity index (χ0v) is 17.4. The Kier molecular flexibility index (Phi) is 5.07. The first-order valence-electron chi connectivity index (χ1n) is 9.72. The maximum absolute atomic E-state index is 12.5. The molecule has 32 heavy (non-hydrogen) atoms. The Balaban J connectivity index is 1.25. The van der Waals surface area contributed by atoms with Crippen molar-refractivity contribution >= 4 is 44.9 Å². The number of nitrogens with one attached hydrogen (secondary N) is 2. The van der Waals surface area contributed by atoms with Gasteiger partial charge in [0.2, 0.25) is 5.91 Å². The Morgan fingerprint density at radius 3 is 3.00 bits per heavy atom. The molecule has 5 rings (SSSR count). The van der Waals surface area contributed by atoms with E-state index in [9.17, 15) is 14.4 Å². The van der Waals surface area contributed by atoms with Crippen LogP contribution in [0.5, 0.6) is 5.75 Å². The normalized spacial score (nSPS) is 12.7. The largest absolute Gasteiger partial charge is 0.482 e. The number of hydrogen-bond donors (Lipinski definition) is 2. The summed E-state index contributed by atoms with van der Waals surface area (Å²) in [6.45, 7) is 0.0986. The molecule has 1 aliphatic rings. The zero-order valence-electron chi connectivity index (χ0n) is 16.6. The molecule has 1 aliphatic heterocycles. The maximum Gasteiger partial charge on any atom is 0.277 e. The number of fused-ring (bicyclic) bond motifs is 2. The van der Waals surface area contributed by atoms with Crippen molar-refractivity contribution in [1.82, 2.24) is 20.0 Å². The smallest absolute Gasteiger partial charge is 0.277 e. The predicted molar refractivity (Wildman–Crippen MR) is 119 cm³/mol. The number of carbonyl (C=O) groups excluding carboxylic acids is 2. The Hall–Kier alpha value is -4.12. The van der Waals surface area contributed by atoms with Crippen LogP contribution in [0.15, 0.2) is 52.6 Å². The highest BCUT2D eigenvalue weighted by Gasteiger charge is 2.17. The monoisotopic (exact) mass is 448 g/mol. The van der Waals surface area contributed by atoms with Gasteiger partial charge < -0.3 is 15.4 Å². The van der Waals surface area contributed by atoms with E-state index in [2.05, 4.69) is 25.9 Å². The molecule has 2 amide bonds. The van der Waals surface area contributed by atoms with Crippen molar-refractivity contribution in [2.75, 3.05) is 17.2 Å². The number of aromatic nitrogens is 4. The van der Waals surface area contributed by atoms with Gasteiger partial charge in [-0.3, -0.25) is 14.4 Å². The van der Waals surface area contributed by atoms with Gasteiger partial charge in [-0.2, -0.15) is 0 Å². The van der Waals surface area contributed by atoms with Gasteiger partial charge in [0.15, 0.2) is 11.7 Å². The summed E-state index contributed by atoms with van der Waals surface area (Å²) in [4.78, 5) is 40.8. The molecule has 0 saturated carbocycles. The van der Waals surface area contributed by atoms with Crippen molar-refractivity contribution in [2.45, 2.75) is 13.0 Å². The summed E-state index contributed by atoms with van der Waals surface area (Å²) >= 11 is 1.28. The van der Waals surface area contributed by atoms with E-state index in [4.69, 9.17) is 4.74 Å². The maximum atomic E-state index is 12.5. The quantitative estimate of drug-likeness (QED) is 0.479. The number of anilines is 2. The van der Waals surface area contributed by atoms with Gasteiger partial charge in [0.1, 0.15) is 11.3 Å². The van der Waals surface area contributed by atoms with Crippen molar-refractivity contribution in [3.05, 3.63) is 58.2 Å². The fraction of sp³-hybridized carbons (Fsp3) is 0.143. The molecule has 4 aromatic rings. The molecule has 160 valence electrons. The van der Waals surface area contributed by atoms with Crippen LogP contribution in [0.4, 0.5) is 10.8 Å². The average molecular weight is 448 g/mol. The van der Waals surface area contributed by atoms with Gasteiger partial charge in [-0.25, -0.2) is 9.67 Å². The summed E-state index contributed by atoms with van der Waals surface area (Å²) in [5.74, 6) is 0.0964.